The van der Waals surface area contributed by atoms with Crippen molar-refractivity contribution in [2.45, 2.75) is 50.2 Å². The second-order valence-electron chi connectivity index (χ2n) is 7.14. The van der Waals surface area contributed by atoms with Gasteiger partial charge in [-0.15, -0.1) is 0 Å². The molecule has 1 fully saturated rings. The van der Waals surface area contributed by atoms with Crippen molar-refractivity contribution in [1.82, 2.24) is 0 Å². The van der Waals surface area contributed by atoms with Gasteiger partial charge in [-0.05, 0) is 71.1 Å². The molecule has 4 unspecified atom stereocenters. The van der Waals surface area contributed by atoms with Gasteiger partial charge in [-0.1, -0.05) is 32.9 Å². The summed E-state index contributed by atoms with van der Waals surface area (Å²) in [7, 11) is -0.994. The summed E-state index contributed by atoms with van der Waals surface area (Å²) in [6.07, 6.45) is 3.31. The Morgan fingerprint density at radius 2 is 1.95 bits per heavy atom. The molecule has 1 aliphatic carbocycles. The van der Waals surface area contributed by atoms with Crippen molar-refractivity contribution in [1.29, 1.82) is 0 Å². The standard InChI is InChI=1S/C17H26BrNOS/c1-17(2,3)13-9-8-12(11-19)16(10-13)21(20)15-7-5-4-6-14(15)18/h4-7,12-13,16H,8-11,19H2,1-3H3. The van der Waals surface area contributed by atoms with E-state index in [0.29, 0.717) is 18.4 Å². The molecule has 0 aromatic heterocycles. The molecular formula is C17H26BrNOS. The maximum absolute atomic E-state index is 13.1. The fourth-order valence-corrected chi connectivity index (χ4v) is 5.85. The Hall–Kier alpha value is -0.190. The molecule has 118 valence electrons. The molecule has 0 aliphatic heterocycles. The fraction of sp³-hybridized carbons (Fsp3) is 0.647. The number of benzene rings is 1. The number of hydrogen-bond donors (Lipinski definition) is 1. The van der Waals surface area contributed by atoms with E-state index in [4.69, 9.17) is 5.73 Å². The molecule has 0 spiro atoms. The number of nitrogens with two attached hydrogens (primary N) is 1. The maximum Gasteiger partial charge on any atom is 0.0575 e. The van der Waals surface area contributed by atoms with Crippen molar-refractivity contribution in [3.8, 4) is 0 Å². The van der Waals surface area contributed by atoms with Crippen LogP contribution in [0.25, 0.3) is 0 Å². The van der Waals surface area contributed by atoms with E-state index in [9.17, 15) is 4.21 Å². The zero-order valence-corrected chi connectivity index (χ0v) is 15.5. The fourth-order valence-electron chi connectivity index (χ4n) is 3.28. The minimum atomic E-state index is -0.994. The molecule has 4 atom stereocenters. The van der Waals surface area contributed by atoms with E-state index in [1.54, 1.807) is 0 Å². The Kier molecular flexibility index (Phi) is 5.66. The number of halogens is 1. The third kappa shape index (κ3) is 3.96. The smallest absolute Gasteiger partial charge is 0.0575 e. The summed E-state index contributed by atoms with van der Waals surface area (Å²) in [6, 6.07) is 7.85. The highest BCUT2D eigenvalue weighted by Crippen LogP contribution is 2.42. The Bertz CT molecular complexity index is 512. The molecule has 0 radical (unpaired) electrons. The highest BCUT2D eigenvalue weighted by atomic mass is 79.9. The Morgan fingerprint density at radius 1 is 1.29 bits per heavy atom. The van der Waals surface area contributed by atoms with Crippen molar-refractivity contribution in [2.75, 3.05) is 6.54 Å². The molecule has 21 heavy (non-hydrogen) atoms. The van der Waals surface area contributed by atoms with Gasteiger partial charge < -0.3 is 5.73 Å². The lowest BCUT2D eigenvalue weighted by Crippen LogP contribution is -2.40. The van der Waals surface area contributed by atoms with Crippen molar-refractivity contribution in [2.24, 2.45) is 23.0 Å². The SMILES string of the molecule is CC(C)(C)C1CCC(CN)C(S(=O)c2ccccc2Br)C1. The molecule has 2 N–H and O–H groups in total. The molecule has 1 aromatic carbocycles. The zero-order valence-electron chi connectivity index (χ0n) is 13.1. The van der Waals surface area contributed by atoms with E-state index >= 15 is 0 Å². The third-order valence-corrected chi connectivity index (χ3v) is 7.66. The van der Waals surface area contributed by atoms with Gasteiger partial charge in [0.05, 0.1) is 15.7 Å². The quantitative estimate of drug-likeness (QED) is 0.857. The molecule has 2 rings (SSSR count). The van der Waals surface area contributed by atoms with Gasteiger partial charge >= 0.3 is 0 Å². The Labute approximate surface area is 139 Å². The van der Waals surface area contributed by atoms with E-state index in [1.165, 1.54) is 6.42 Å². The summed E-state index contributed by atoms with van der Waals surface area (Å²) in [5.74, 6) is 0.994. The second-order valence-corrected chi connectivity index (χ2v) is 9.63. The molecule has 4 heteroatoms. The first-order chi connectivity index (χ1) is 9.84. The average molecular weight is 372 g/mol. The van der Waals surface area contributed by atoms with E-state index in [2.05, 4.69) is 36.7 Å². The summed E-state index contributed by atoms with van der Waals surface area (Å²) in [6.45, 7) is 7.51. The maximum atomic E-state index is 13.1. The van der Waals surface area contributed by atoms with Gasteiger partial charge in [-0.2, -0.15) is 0 Å². The lowest BCUT2D eigenvalue weighted by molar-refractivity contribution is 0.156. The summed E-state index contributed by atoms with van der Waals surface area (Å²) in [4.78, 5) is 0.913. The van der Waals surface area contributed by atoms with Gasteiger partial charge in [0.2, 0.25) is 0 Å². The monoisotopic (exact) mass is 371 g/mol. The molecule has 2 nitrogen and oxygen atoms in total. The van der Waals surface area contributed by atoms with Crippen molar-refractivity contribution in [3.63, 3.8) is 0 Å². The lowest BCUT2D eigenvalue weighted by Gasteiger charge is -2.41. The lowest BCUT2D eigenvalue weighted by atomic mass is 9.69. The van der Waals surface area contributed by atoms with Gasteiger partial charge in [-0.25, -0.2) is 0 Å². The highest BCUT2D eigenvalue weighted by molar-refractivity contribution is 9.10. The number of rotatable bonds is 3. The van der Waals surface area contributed by atoms with Crippen molar-refractivity contribution < 1.29 is 4.21 Å². The van der Waals surface area contributed by atoms with Crippen LogP contribution in [0.5, 0.6) is 0 Å². The van der Waals surface area contributed by atoms with E-state index in [-0.39, 0.29) is 10.7 Å². The van der Waals surface area contributed by atoms with Crippen LogP contribution in [0.15, 0.2) is 33.6 Å². The predicted octanol–water partition coefficient (Wildman–Crippen LogP) is 4.35. The van der Waals surface area contributed by atoms with E-state index in [1.807, 2.05) is 24.3 Å². The zero-order chi connectivity index (χ0) is 15.6. The highest BCUT2D eigenvalue weighted by Gasteiger charge is 2.38. The summed E-state index contributed by atoms with van der Waals surface area (Å²) in [5.41, 5.74) is 6.23. The average Bonchev–Trinajstić information content (AvgIpc) is 2.45. The van der Waals surface area contributed by atoms with Crippen LogP contribution in [0.3, 0.4) is 0 Å². The van der Waals surface area contributed by atoms with Crippen LogP contribution in [0.4, 0.5) is 0 Å². The minimum absolute atomic E-state index is 0.173. The first kappa shape index (κ1) is 17.2. The molecule has 0 bridgehead atoms. The van der Waals surface area contributed by atoms with E-state index in [0.717, 1.165) is 22.2 Å². The van der Waals surface area contributed by atoms with Crippen molar-refractivity contribution in [3.05, 3.63) is 28.7 Å². The third-order valence-electron chi connectivity index (χ3n) is 4.78. The topological polar surface area (TPSA) is 43.1 Å². The molecule has 1 aromatic rings. The number of hydrogen-bond acceptors (Lipinski definition) is 2. The van der Waals surface area contributed by atoms with Gasteiger partial charge in [0.1, 0.15) is 0 Å². The molecule has 1 saturated carbocycles. The summed E-state index contributed by atoms with van der Waals surface area (Å²) < 4.78 is 14.0. The van der Waals surface area contributed by atoms with Crippen LogP contribution >= 0.6 is 15.9 Å². The molecular weight excluding hydrogens is 346 g/mol. The van der Waals surface area contributed by atoms with Crippen molar-refractivity contribution >= 4 is 26.7 Å². The normalized spacial score (nSPS) is 28.3. The minimum Gasteiger partial charge on any atom is -0.330 e. The molecule has 0 heterocycles. The van der Waals surface area contributed by atoms with Crippen LogP contribution in [0.2, 0.25) is 0 Å². The predicted molar refractivity (Wildman–Crippen MR) is 93.7 cm³/mol. The van der Waals surface area contributed by atoms with Gasteiger partial charge in [0, 0.05) is 9.72 Å². The summed E-state index contributed by atoms with van der Waals surface area (Å²) >= 11 is 3.54. The first-order valence-corrected chi connectivity index (χ1v) is 9.70. The summed E-state index contributed by atoms with van der Waals surface area (Å²) in [5, 5.41) is 0.173. The van der Waals surface area contributed by atoms with Gasteiger partial charge in [-0.3, -0.25) is 4.21 Å². The van der Waals surface area contributed by atoms with Gasteiger partial charge in [0.15, 0.2) is 0 Å². The van der Waals surface area contributed by atoms with Gasteiger partial charge in [0.25, 0.3) is 0 Å². The van der Waals surface area contributed by atoms with E-state index < -0.39 is 10.8 Å². The van der Waals surface area contributed by atoms with Crippen LogP contribution in [-0.4, -0.2) is 16.0 Å². The second kappa shape index (κ2) is 6.93. The molecule has 0 saturated heterocycles. The van der Waals surface area contributed by atoms with Crippen LogP contribution in [0, 0.1) is 17.3 Å². The Morgan fingerprint density at radius 3 is 2.52 bits per heavy atom. The first-order valence-electron chi connectivity index (χ1n) is 7.69. The molecule has 0 amide bonds. The van der Waals surface area contributed by atoms with Crippen LogP contribution in [-0.2, 0) is 10.8 Å². The van der Waals surface area contributed by atoms with Crippen LogP contribution < -0.4 is 5.73 Å². The molecule has 1 aliphatic rings. The largest absolute Gasteiger partial charge is 0.330 e. The Balaban J connectivity index is 2.25. The van der Waals surface area contributed by atoms with Crippen LogP contribution in [0.1, 0.15) is 40.0 Å².